The third-order valence-corrected chi connectivity index (χ3v) is 4.14. The molecule has 0 aromatic heterocycles. The minimum atomic E-state index is -1.16. The number of ether oxygens (including phenoxy) is 1. The number of carbonyl (C=O) groups is 1. The Bertz CT molecular complexity index is 837. The summed E-state index contributed by atoms with van der Waals surface area (Å²) in [4.78, 5) is 17.6. The zero-order chi connectivity index (χ0) is 19.2. The monoisotopic (exact) mass is 374 g/mol. The highest BCUT2D eigenvalue weighted by Crippen LogP contribution is 2.29. The number of nitrogens with zero attached hydrogens (tertiary/aromatic N) is 1. The van der Waals surface area contributed by atoms with Crippen LogP contribution in [0.15, 0.2) is 47.6 Å². The van der Waals surface area contributed by atoms with Crippen LogP contribution in [0, 0.1) is 17.6 Å². The molecule has 0 aliphatic heterocycles. The van der Waals surface area contributed by atoms with E-state index in [4.69, 9.17) is 9.57 Å². The molecule has 1 N–H and O–H groups in total. The van der Waals surface area contributed by atoms with Crippen molar-refractivity contribution in [1.29, 1.82) is 0 Å². The first kappa shape index (κ1) is 18.8. The van der Waals surface area contributed by atoms with Crippen molar-refractivity contribution >= 4 is 11.7 Å². The lowest BCUT2D eigenvalue weighted by Gasteiger charge is -2.14. The highest BCUT2D eigenvalue weighted by atomic mass is 19.2. The van der Waals surface area contributed by atoms with Gasteiger partial charge in [0.05, 0.1) is 13.5 Å². The Hall–Kier alpha value is -2.96. The molecule has 0 atom stereocenters. The van der Waals surface area contributed by atoms with Gasteiger partial charge in [0.25, 0.3) is 0 Å². The van der Waals surface area contributed by atoms with Crippen LogP contribution in [0.1, 0.15) is 24.0 Å². The first-order valence-electron chi connectivity index (χ1n) is 8.64. The van der Waals surface area contributed by atoms with Gasteiger partial charge in [-0.3, -0.25) is 4.79 Å². The number of nitrogens with one attached hydrogen (secondary N) is 1. The van der Waals surface area contributed by atoms with Crippen LogP contribution in [0.4, 0.5) is 8.78 Å². The molecule has 142 valence electrons. The minimum absolute atomic E-state index is 0.0442. The van der Waals surface area contributed by atoms with Crippen molar-refractivity contribution in [1.82, 2.24) is 5.32 Å². The van der Waals surface area contributed by atoms with Crippen molar-refractivity contribution in [3.8, 4) is 5.75 Å². The van der Waals surface area contributed by atoms with Crippen LogP contribution in [0.3, 0.4) is 0 Å². The summed E-state index contributed by atoms with van der Waals surface area (Å²) in [5, 5.41) is 6.38. The Morgan fingerprint density at radius 3 is 2.59 bits per heavy atom. The van der Waals surface area contributed by atoms with Crippen molar-refractivity contribution < 1.29 is 23.1 Å². The number of benzene rings is 2. The maximum atomic E-state index is 14.4. The van der Waals surface area contributed by atoms with Crippen LogP contribution in [0.5, 0.6) is 5.75 Å². The number of amides is 1. The summed E-state index contributed by atoms with van der Waals surface area (Å²) < 4.78 is 33.3. The highest BCUT2D eigenvalue weighted by Gasteiger charge is 2.24. The summed E-state index contributed by atoms with van der Waals surface area (Å²) in [5.74, 6) is -2.43. The van der Waals surface area contributed by atoms with Gasteiger partial charge in [-0.25, -0.2) is 8.78 Å². The van der Waals surface area contributed by atoms with Gasteiger partial charge in [-0.1, -0.05) is 35.5 Å². The van der Waals surface area contributed by atoms with Gasteiger partial charge < -0.3 is 14.9 Å². The summed E-state index contributed by atoms with van der Waals surface area (Å²) >= 11 is 0. The molecule has 3 rings (SSSR count). The second-order valence-electron chi connectivity index (χ2n) is 6.33. The molecule has 0 radical (unpaired) electrons. The molecule has 7 heteroatoms. The van der Waals surface area contributed by atoms with E-state index in [0.717, 1.165) is 24.5 Å². The number of hydrogen-bond acceptors (Lipinski definition) is 4. The minimum Gasteiger partial charge on any atom is -0.496 e. The molecule has 2 aromatic carbocycles. The predicted molar refractivity (Wildman–Crippen MR) is 96.4 cm³/mol. The molecular formula is C20H20F2N2O3. The van der Waals surface area contributed by atoms with E-state index in [2.05, 4.69) is 10.5 Å². The summed E-state index contributed by atoms with van der Waals surface area (Å²) in [6, 6.07) is 11.3. The molecule has 0 bridgehead atoms. The van der Waals surface area contributed by atoms with E-state index in [1.165, 1.54) is 13.2 Å². The molecule has 1 saturated carbocycles. The maximum Gasteiger partial charge on any atom is 0.230 e. The van der Waals surface area contributed by atoms with Crippen LogP contribution < -0.4 is 10.1 Å². The standard InChI is InChI=1S/C20H20F2N2O3/c1-26-16-10-9-15(21)19(22)18(16)20(24-27-12-14-7-8-14)23-17(25)11-13-5-3-2-4-6-13/h2-6,9-10,14H,7-8,11-12H2,1H3,(H,23,24,25). The summed E-state index contributed by atoms with van der Waals surface area (Å²) in [7, 11) is 1.32. The van der Waals surface area contributed by atoms with Crippen LogP contribution >= 0.6 is 0 Å². The number of oxime groups is 1. The molecule has 1 fully saturated rings. The van der Waals surface area contributed by atoms with E-state index in [1.807, 2.05) is 18.2 Å². The third-order valence-electron chi connectivity index (χ3n) is 4.14. The molecule has 0 unspecified atom stereocenters. The Kier molecular flexibility index (Phi) is 6.01. The van der Waals surface area contributed by atoms with Gasteiger partial charge in [0, 0.05) is 0 Å². The molecule has 1 aliphatic rings. The zero-order valence-electron chi connectivity index (χ0n) is 14.9. The number of halogens is 2. The fraction of sp³-hybridized carbons (Fsp3) is 0.300. The van der Waals surface area contributed by atoms with Gasteiger partial charge >= 0.3 is 0 Å². The van der Waals surface area contributed by atoms with Crippen molar-refractivity contribution in [3.63, 3.8) is 0 Å². The molecule has 27 heavy (non-hydrogen) atoms. The van der Waals surface area contributed by atoms with Gasteiger partial charge in [0.15, 0.2) is 17.5 Å². The number of methoxy groups -OCH3 is 1. The zero-order valence-corrected chi connectivity index (χ0v) is 14.9. The molecule has 2 aromatic rings. The SMILES string of the molecule is COc1ccc(F)c(F)c1/C(=N/OCC1CC1)NC(=O)Cc1ccccc1. The second kappa shape index (κ2) is 8.62. The van der Waals surface area contributed by atoms with E-state index in [1.54, 1.807) is 12.1 Å². The number of amidine groups is 1. The Labute approximate surface area is 156 Å². The average Bonchev–Trinajstić information content (AvgIpc) is 3.48. The number of rotatable bonds is 7. The first-order valence-corrected chi connectivity index (χ1v) is 8.64. The summed E-state index contributed by atoms with van der Waals surface area (Å²) in [5.41, 5.74) is 0.495. The van der Waals surface area contributed by atoms with Crippen molar-refractivity contribution in [2.45, 2.75) is 19.3 Å². The Morgan fingerprint density at radius 1 is 1.19 bits per heavy atom. The quantitative estimate of drug-likeness (QED) is 0.459. The van der Waals surface area contributed by atoms with Crippen LogP contribution in [0.2, 0.25) is 0 Å². The van der Waals surface area contributed by atoms with Crippen LogP contribution in [-0.4, -0.2) is 25.5 Å². The second-order valence-corrected chi connectivity index (χ2v) is 6.33. The molecule has 0 spiro atoms. The average molecular weight is 374 g/mol. The van der Waals surface area contributed by atoms with Gasteiger partial charge in [-0.15, -0.1) is 0 Å². The lowest BCUT2D eigenvalue weighted by Crippen LogP contribution is -2.34. The van der Waals surface area contributed by atoms with Crippen molar-refractivity contribution in [3.05, 3.63) is 65.2 Å². The highest BCUT2D eigenvalue weighted by molar-refractivity contribution is 6.09. The first-order chi connectivity index (χ1) is 13.1. The topological polar surface area (TPSA) is 59.9 Å². The lowest BCUT2D eigenvalue weighted by molar-refractivity contribution is -0.119. The predicted octanol–water partition coefficient (Wildman–Crippen LogP) is 3.42. The van der Waals surface area contributed by atoms with Crippen molar-refractivity contribution in [2.24, 2.45) is 11.1 Å². The van der Waals surface area contributed by atoms with E-state index in [-0.39, 0.29) is 23.6 Å². The molecular weight excluding hydrogens is 354 g/mol. The van der Waals surface area contributed by atoms with Gasteiger partial charge in [-0.2, -0.15) is 0 Å². The largest absolute Gasteiger partial charge is 0.496 e. The van der Waals surface area contributed by atoms with Gasteiger partial charge in [0.2, 0.25) is 5.91 Å². The number of carbonyl (C=O) groups excluding carboxylic acids is 1. The van der Waals surface area contributed by atoms with E-state index < -0.39 is 17.5 Å². The van der Waals surface area contributed by atoms with E-state index in [0.29, 0.717) is 12.5 Å². The van der Waals surface area contributed by atoms with E-state index in [9.17, 15) is 13.6 Å². The fourth-order valence-electron chi connectivity index (χ4n) is 2.50. The summed E-state index contributed by atoms with van der Waals surface area (Å²) in [6.07, 6.45) is 2.15. The van der Waals surface area contributed by atoms with Gasteiger partial charge in [0.1, 0.15) is 17.9 Å². The van der Waals surface area contributed by atoms with E-state index >= 15 is 0 Å². The van der Waals surface area contributed by atoms with Crippen molar-refractivity contribution in [2.75, 3.05) is 13.7 Å². The number of hydrogen-bond donors (Lipinski definition) is 1. The molecule has 0 heterocycles. The lowest BCUT2D eigenvalue weighted by atomic mass is 10.1. The Balaban J connectivity index is 1.84. The smallest absolute Gasteiger partial charge is 0.230 e. The fourth-order valence-corrected chi connectivity index (χ4v) is 2.50. The normalized spacial score (nSPS) is 14.0. The maximum absolute atomic E-state index is 14.4. The molecule has 5 nitrogen and oxygen atoms in total. The molecule has 1 aliphatic carbocycles. The van der Waals surface area contributed by atoms with Crippen LogP contribution in [-0.2, 0) is 16.1 Å². The summed E-state index contributed by atoms with van der Waals surface area (Å²) in [6.45, 7) is 0.358. The molecule has 0 saturated heterocycles. The van der Waals surface area contributed by atoms with Crippen LogP contribution in [0.25, 0.3) is 0 Å². The van der Waals surface area contributed by atoms with Gasteiger partial charge in [-0.05, 0) is 36.5 Å². The Morgan fingerprint density at radius 2 is 1.93 bits per heavy atom. The molecule has 1 amide bonds. The third kappa shape index (κ3) is 5.03.